The fraction of sp³-hybridized carbons (Fsp3) is 0.417. The molecule has 17 heavy (non-hydrogen) atoms. The van der Waals surface area contributed by atoms with Gasteiger partial charge in [0.15, 0.2) is 11.5 Å². The van der Waals surface area contributed by atoms with Crippen molar-refractivity contribution in [1.82, 2.24) is 5.48 Å². The van der Waals surface area contributed by atoms with Crippen molar-refractivity contribution in [3.8, 4) is 11.5 Å². The van der Waals surface area contributed by atoms with Gasteiger partial charge < -0.3 is 9.47 Å². The number of rotatable bonds is 6. The van der Waals surface area contributed by atoms with Gasteiger partial charge in [0.05, 0.1) is 27.2 Å². The van der Waals surface area contributed by atoms with Crippen molar-refractivity contribution in [1.29, 1.82) is 0 Å². The van der Waals surface area contributed by atoms with Gasteiger partial charge >= 0.3 is 0 Å². The van der Waals surface area contributed by atoms with Crippen molar-refractivity contribution in [3.05, 3.63) is 23.8 Å². The van der Waals surface area contributed by atoms with Crippen LogP contribution < -0.4 is 15.0 Å². The molecule has 0 atom stereocenters. The second-order valence-electron chi connectivity index (χ2n) is 3.32. The van der Waals surface area contributed by atoms with Crippen LogP contribution in [-0.4, -0.2) is 26.7 Å². The number of amides is 1. The molecule has 0 aromatic heterocycles. The number of ether oxygens (including phenoxy) is 2. The van der Waals surface area contributed by atoms with Crippen LogP contribution in [0.3, 0.4) is 0 Å². The SMILES string of the molecule is CCONC(=O)Cc1ccc(OC)c(OC)c1. The summed E-state index contributed by atoms with van der Waals surface area (Å²) in [5.41, 5.74) is 3.17. The molecule has 1 aromatic carbocycles. The standard InChI is InChI=1S/C12H17NO4/c1-4-17-13-12(14)8-9-5-6-10(15-2)11(7-9)16-3/h5-7H,4,8H2,1-3H3,(H,13,14). The molecule has 5 heteroatoms. The average molecular weight is 239 g/mol. The molecule has 0 heterocycles. The molecule has 1 aromatic rings. The van der Waals surface area contributed by atoms with Gasteiger partial charge in [0.2, 0.25) is 5.91 Å². The van der Waals surface area contributed by atoms with Gasteiger partial charge in [-0.3, -0.25) is 9.63 Å². The summed E-state index contributed by atoms with van der Waals surface area (Å²) in [4.78, 5) is 16.2. The molecule has 1 rings (SSSR count). The average Bonchev–Trinajstić information content (AvgIpc) is 2.36. The number of hydroxylamine groups is 1. The van der Waals surface area contributed by atoms with Crippen LogP contribution in [0, 0.1) is 0 Å². The van der Waals surface area contributed by atoms with Crippen LogP contribution in [0.5, 0.6) is 11.5 Å². The molecule has 1 N–H and O–H groups in total. The van der Waals surface area contributed by atoms with Gasteiger partial charge in [0.1, 0.15) is 0 Å². The third kappa shape index (κ3) is 3.96. The summed E-state index contributed by atoms with van der Waals surface area (Å²) < 4.78 is 10.3. The third-order valence-electron chi connectivity index (χ3n) is 2.14. The first kappa shape index (κ1) is 13.3. The first-order valence-corrected chi connectivity index (χ1v) is 5.32. The molecule has 1 amide bonds. The summed E-state index contributed by atoms with van der Waals surface area (Å²) in [5, 5.41) is 0. The quantitative estimate of drug-likeness (QED) is 0.760. The van der Waals surface area contributed by atoms with Crippen molar-refractivity contribution in [2.75, 3.05) is 20.8 Å². The Balaban J connectivity index is 2.68. The van der Waals surface area contributed by atoms with E-state index in [2.05, 4.69) is 5.48 Å². The first-order valence-electron chi connectivity index (χ1n) is 5.32. The monoisotopic (exact) mass is 239 g/mol. The van der Waals surface area contributed by atoms with Crippen molar-refractivity contribution >= 4 is 5.91 Å². The van der Waals surface area contributed by atoms with Gasteiger partial charge in [-0.15, -0.1) is 0 Å². The van der Waals surface area contributed by atoms with E-state index in [-0.39, 0.29) is 12.3 Å². The zero-order chi connectivity index (χ0) is 12.7. The van der Waals surface area contributed by atoms with Crippen LogP contribution in [0.15, 0.2) is 18.2 Å². The smallest absolute Gasteiger partial charge is 0.247 e. The molecule has 0 aliphatic rings. The van der Waals surface area contributed by atoms with Crippen LogP contribution in [0.25, 0.3) is 0 Å². The molecular formula is C12H17NO4. The molecule has 94 valence electrons. The lowest BCUT2D eigenvalue weighted by molar-refractivity contribution is -0.132. The number of hydrogen-bond acceptors (Lipinski definition) is 4. The van der Waals surface area contributed by atoms with E-state index in [1.807, 2.05) is 6.07 Å². The lowest BCUT2D eigenvalue weighted by atomic mass is 10.1. The van der Waals surface area contributed by atoms with Gasteiger partial charge in [-0.25, -0.2) is 5.48 Å². The maximum Gasteiger partial charge on any atom is 0.247 e. The summed E-state index contributed by atoms with van der Waals surface area (Å²) in [5.74, 6) is 1.05. The van der Waals surface area contributed by atoms with Crippen LogP contribution in [0.2, 0.25) is 0 Å². The Labute approximate surface area is 101 Å². The molecule has 5 nitrogen and oxygen atoms in total. The largest absolute Gasteiger partial charge is 0.493 e. The Morgan fingerprint density at radius 3 is 2.53 bits per heavy atom. The lowest BCUT2D eigenvalue weighted by Gasteiger charge is -2.09. The van der Waals surface area contributed by atoms with Gasteiger partial charge in [0.25, 0.3) is 0 Å². The normalized spacial score (nSPS) is 9.82. The fourth-order valence-corrected chi connectivity index (χ4v) is 1.36. The number of carbonyl (C=O) groups is 1. The van der Waals surface area contributed by atoms with E-state index in [4.69, 9.17) is 14.3 Å². The molecule has 0 aliphatic heterocycles. The summed E-state index contributed by atoms with van der Waals surface area (Å²) >= 11 is 0. The van der Waals surface area contributed by atoms with E-state index >= 15 is 0 Å². The number of nitrogens with one attached hydrogen (secondary N) is 1. The highest BCUT2D eigenvalue weighted by Gasteiger charge is 2.08. The topological polar surface area (TPSA) is 56.8 Å². The molecule has 0 radical (unpaired) electrons. The van der Waals surface area contributed by atoms with Gasteiger partial charge in [-0.05, 0) is 24.6 Å². The summed E-state index contributed by atoms with van der Waals surface area (Å²) in [6.07, 6.45) is 0.236. The number of benzene rings is 1. The van der Waals surface area contributed by atoms with E-state index < -0.39 is 0 Å². The minimum Gasteiger partial charge on any atom is -0.493 e. The number of methoxy groups -OCH3 is 2. The Morgan fingerprint density at radius 1 is 1.24 bits per heavy atom. The van der Waals surface area contributed by atoms with E-state index in [1.165, 1.54) is 0 Å². The minimum absolute atomic E-state index is 0.195. The van der Waals surface area contributed by atoms with Gasteiger partial charge in [-0.1, -0.05) is 6.07 Å². The minimum atomic E-state index is -0.195. The maximum absolute atomic E-state index is 11.4. The Bertz CT molecular complexity index is 379. The van der Waals surface area contributed by atoms with Crippen LogP contribution in [0.1, 0.15) is 12.5 Å². The highest BCUT2D eigenvalue weighted by atomic mass is 16.6. The van der Waals surface area contributed by atoms with E-state index in [0.717, 1.165) is 5.56 Å². The molecule has 0 saturated carbocycles. The van der Waals surface area contributed by atoms with E-state index in [9.17, 15) is 4.79 Å². The lowest BCUT2D eigenvalue weighted by Crippen LogP contribution is -2.25. The molecule has 0 spiro atoms. The van der Waals surface area contributed by atoms with E-state index in [1.54, 1.807) is 33.3 Å². The van der Waals surface area contributed by atoms with Crippen LogP contribution >= 0.6 is 0 Å². The molecule has 0 aliphatic carbocycles. The fourth-order valence-electron chi connectivity index (χ4n) is 1.36. The summed E-state index contributed by atoms with van der Waals surface area (Å²) in [7, 11) is 3.13. The molecule has 0 bridgehead atoms. The Hall–Kier alpha value is -1.75. The van der Waals surface area contributed by atoms with Crippen LogP contribution in [-0.2, 0) is 16.1 Å². The second-order valence-corrected chi connectivity index (χ2v) is 3.32. The zero-order valence-corrected chi connectivity index (χ0v) is 10.3. The number of hydrogen-bond donors (Lipinski definition) is 1. The Kier molecular flexibility index (Phi) is 5.29. The predicted octanol–water partition coefficient (Wildman–Crippen LogP) is 1.31. The highest BCUT2D eigenvalue weighted by molar-refractivity contribution is 5.77. The summed E-state index contributed by atoms with van der Waals surface area (Å²) in [6, 6.07) is 5.35. The van der Waals surface area contributed by atoms with E-state index in [0.29, 0.717) is 18.1 Å². The molecule has 0 fully saturated rings. The van der Waals surface area contributed by atoms with Crippen molar-refractivity contribution in [2.24, 2.45) is 0 Å². The molecule has 0 saturated heterocycles. The van der Waals surface area contributed by atoms with Crippen LogP contribution in [0.4, 0.5) is 0 Å². The Morgan fingerprint density at radius 2 is 1.94 bits per heavy atom. The second kappa shape index (κ2) is 6.75. The predicted molar refractivity (Wildman–Crippen MR) is 63.0 cm³/mol. The van der Waals surface area contributed by atoms with Gasteiger partial charge in [0, 0.05) is 0 Å². The van der Waals surface area contributed by atoms with Gasteiger partial charge in [-0.2, -0.15) is 0 Å². The summed E-state index contributed by atoms with van der Waals surface area (Å²) in [6.45, 7) is 2.24. The first-order chi connectivity index (χ1) is 8.21. The number of carbonyl (C=O) groups excluding carboxylic acids is 1. The zero-order valence-electron chi connectivity index (χ0n) is 10.3. The van der Waals surface area contributed by atoms with Crippen molar-refractivity contribution < 1.29 is 19.1 Å². The van der Waals surface area contributed by atoms with Crippen molar-refractivity contribution in [2.45, 2.75) is 13.3 Å². The maximum atomic E-state index is 11.4. The molecular weight excluding hydrogens is 222 g/mol. The van der Waals surface area contributed by atoms with Crippen molar-refractivity contribution in [3.63, 3.8) is 0 Å². The third-order valence-corrected chi connectivity index (χ3v) is 2.14. The molecule has 0 unspecified atom stereocenters. The highest BCUT2D eigenvalue weighted by Crippen LogP contribution is 2.27.